The number of aromatic nitrogens is 1. The molecule has 0 spiro atoms. The van der Waals surface area contributed by atoms with Crippen LogP contribution in [0, 0.1) is 12.8 Å². The van der Waals surface area contributed by atoms with Gasteiger partial charge in [-0.25, -0.2) is 0 Å². The number of hydrogen-bond acceptors (Lipinski definition) is 3. The summed E-state index contributed by atoms with van der Waals surface area (Å²) in [5.74, 6) is 0.138. The molecular weight excluding hydrogens is 318 g/mol. The van der Waals surface area contributed by atoms with Crippen LogP contribution < -0.4 is 15.0 Å². The summed E-state index contributed by atoms with van der Waals surface area (Å²) in [4.78, 5) is 26.5. The lowest BCUT2D eigenvalue weighted by Crippen LogP contribution is -2.33. The van der Waals surface area contributed by atoms with Crippen molar-refractivity contribution in [3.63, 3.8) is 0 Å². The third-order valence-electron chi connectivity index (χ3n) is 4.79. The highest BCUT2D eigenvalue weighted by Crippen LogP contribution is 2.32. The van der Waals surface area contributed by atoms with Gasteiger partial charge in [0, 0.05) is 31.4 Å². The van der Waals surface area contributed by atoms with Crippen LogP contribution >= 0.6 is 0 Å². The van der Waals surface area contributed by atoms with Gasteiger partial charge < -0.3 is 19.5 Å². The van der Waals surface area contributed by atoms with Crippen molar-refractivity contribution in [2.75, 3.05) is 18.6 Å². The summed E-state index contributed by atoms with van der Waals surface area (Å²) in [6.45, 7) is 2.85. The lowest BCUT2D eigenvalue weighted by Gasteiger charge is -2.19. The molecule has 1 aliphatic heterocycles. The van der Waals surface area contributed by atoms with Gasteiger partial charge in [-0.2, -0.15) is 0 Å². The van der Waals surface area contributed by atoms with Crippen molar-refractivity contribution in [2.45, 2.75) is 19.9 Å². The lowest BCUT2D eigenvalue weighted by atomic mass is 10.1. The first-order valence-corrected chi connectivity index (χ1v) is 8.33. The van der Waals surface area contributed by atoms with Crippen LogP contribution in [-0.4, -0.2) is 30.0 Å². The second kappa shape index (κ2) is 7.01. The van der Waals surface area contributed by atoms with Gasteiger partial charge in [0.2, 0.25) is 11.8 Å². The Morgan fingerprint density at radius 3 is 2.72 bits per heavy atom. The minimum Gasteiger partial charge on any atom is -0.495 e. The zero-order valence-corrected chi connectivity index (χ0v) is 14.8. The van der Waals surface area contributed by atoms with Gasteiger partial charge in [-0.15, -0.1) is 0 Å². The fraction of sp³-hybridized carbons (Fsp3) is 0.368. The number of nitrogens with one attached hydrogen (secondary N) is 1. The van der Waals surface area contributed by atoms with Crippen molar-refractivity contribution in [1.29, 1.82) is 0 Å². The fourth-order valence-corrected chi connectivity index (χ4v) is 3.14. The molecule has 3 rings (SSSR count). The van der Waals surface area contributed by atoms with E-state index in [1.54, 1.807) is 12.0 Å². The average Bonchev–Trinajstić information content (AvgIpc) is 3.16. The number of benzene rings is 1. The second-order valence-corrected chi connectivity index (χ2v) is 6.32. The molecule has 2 heterocycles. The molecule has 1 saturated heterocycles. The van der Waals surface area contributed by atoms with Crippen LogP contribution in [0.2, 0.25) is 0 Å². The van der Waals surface area contributed by atoms with E-state index in [0.29, 0.717) is 24.5 Å². The largest absolute Gasteiger partial charge is 0.495 e. The topological polar surface area (TPSA) is 63.6 Å². The van der Waals surface area contributed by atoms with E-state index in [1.807, 2.05) is 54.9 Å². The maximum atomic E-state index is 12.5. The molecule has 0 aliphatic carbocycles. The van der Waals surface area contributed by atoms with Gasteiger partial charge in [0.15, 0.2) is 0 Å². The third-order valence-corrected chi connectivity index (χ3v) is 4.79. The molecule has 1 aliphatic rings. The summed E-state index contributed by atoms with van der Waals surface area (Å²) in [5.41, 5.74) is 2.89. The number of amides is 2. The molecule has 2 amide bonds. The molecule has 1 fully saturated rings. The number of carbonyl (C=O) groups excluding carboxylic acids is 2. The first-order valence-electron chi connectivity index (χ1n) is 8.33. The van der Waals surface area contributed by atoms with Crippen LogP contribution in [0.5, 0.6) is 5.75 Å². The number of para-hydroxylation sites is 2. The van der Waals surface area contributed by atoms with Gasteiger partial charge in [0.05, 0.1) is 25.3 Å². The van der Waals surface area contributed by atoms with Crippen LogP contribution in [0.15, 0.2) is 36.4 Å². The fourth-order valence-electron chi connectivity index (χ4n) is 3.14. The molecule has 1 aromatic carbocycles. The van der Waals surface area contributed by atoms with Crippen LogP contribution in [0.25, 0.3) is 0 Å². The van der Waals surface area contributed by atoms with Crippen LogP contribution in [0.4, 0.5) is 5.69 Å². The predicted octanol–water partition coefficient (Wildman–Crippen LogP) is 2.01. The number of anilines is 1. The number of carbonyl (C=O) groups is 2. The standard InChI is InChI=1S/C19H23N3O3/c1-13-8-9-15(21(13)2)11-20-19(24)14-10-18(23)22(12-14)16-6-4-5-7-17(16)25-3/h4-9,14H,10-12H2,1-3H3,(H,20,24). The summed E-state index contributed by atoms with van der Waals surface area (Å²) in [6.07, 6.45) is 0.218. The lowest BCUT2D eigenvalue weighted by molar-refractivity contribution is -0.126. The Morgan fingerprint density at radius 2 is 2.04 bits per heavy atom. The highest BCUT2D eigenvalue weighted by molar-refractivity contribution is 6.01. The van der Waals surface area contributed by atoms with E-state index in [0.717, 1.165) is 11.4 Å². The Kier molecular flexibility index (Phi) is 4.79. The Labute approximate surface area is 147 Å². The van der Waals surface area contributed by atoms with Crippen LogP contribution in [0.3, 0.4) is 0 Å². The SMILES string of the molecule is COc1ccccc1N1CC(C(=O)NCc2ccc(C)n2C)CC1=O. The van der Waals surface area contributed by atoms with Crippen molar-refractivity contribution >= 4 is 17.5 Å². The molecule has 0 bridgehead atoms. The molecule has 0 radical (unpaired) electrons. The summed E-state index contributed by atoms with van der Waals surface area (Å²) in [7, 11) is 3.55. The number of hydrogen-bond donors (Lipinski definition) is 1. The zero-order chi connectivity index (χ0) is 18.0. The van der Waals surface area contributed by atoms with Gasteiger partial charge in [-0.05, 0) is 31.2 Å². The summed E-state index contributed by atoms with van der Waals surface area (Å²) in [5, 5.41) is 2.95. The molecule has 0 saturated carbocycles. The first-order chi connectivity index (χ1) is 12.0. The van der Waals surface area contributed by atoms with E-state index >= 15 is 0 Å². The quantitative estimate of drug-likeness (QED) is 0.905. The molecular formula is C19H23N3O3. The minimum atomic E-state index is -0.348. The van der Waals surface area contributed by atoms with Crippen LogP contribution in [-0.2, 0) is 23.2 Å². The normalized spacial score (nSPS) is 17.0. The summed E-state index contributed by atoms with van der Waals surface area (Å²) in [6, 6.07) is 11.4. The van der Waals surface area contributed by atoms with Crippen molar-refractivity contribution in [2.24, 2.45) is 13.0 Å². The van der Waals surface area contributed by atoms with Gasteiger partial charge in [0.25, 0.3) is 0 Å². The Bertz CT molecular complexity index is 797. The van der Waals surface area contributed by atoms with Gasteiger partial charge in [-0.3, -0.25) is 9.59 Å². The second-order valence-electron chi connectivity index (χ2n) is 6.32. The Morgan fingerprint density at radius 1 is 1.28 bits per heavy atom. The van der Waals surface area contributed by atoms with Gasteiger partial charge in [-0.1, -0.05) is 12.1 Å². The van der Waals surface area contributed by atoms with Crippen LogP contribution in [0.1, 0.15) is 17.8 Å². The van der Waals surface area contributed by atoms with E-state index in [2.05, 4.69) is 5.32 Å². The average molecular weight is 341 g/mol. The van der Waals surface area contributed by atoms with Gasteiger partial charge in [0.1, 0.15) is 5.75 Å². The molecule has 1 unspecified atom stereocenters. The number of aryl methyl sites for hydroxylation is 1. The molecule has 25 heavy (non-hydrogen) atoms. The molecule has 2 aromatic rings. The monoisotopic (exact) mass is 341 g/mol. The number of nitrogens with zero attached hydrogens (tertiary/aromatic N) is 2. The summed E-state index contributed by atoms with van der Waals surface area (Å²) < 4.78 is 7.37. The molecule has 132 valence electrons. The van der Waals surface area contributed by atoms with Crippen molar-refractivity contribution in [1.82, 2.24) is 9.88 Å². The number of ether oxygens (including phenoxy) is 1. The number of methoxy groups -OCH3 is 1. The number of rotatable bonds is 5. The smallest absolute Gasteiger partial charge is 0.227 e. The molecule has 1 atom stereocenters. The van der Waals surface area contributed by atoms with Crippen molar-refractivity contribution in [3.05, 3.63) is 47.8 Å². The Balaban J connectivity index is 1.65. The summed E-state index contributed by atoms with van der Waals surface area (Å²) >= 11 is 0. The van der Waals surface area contributed by atoms with Gasteiger partial charge >= 0.3 is 0 Å². The maximum absolute atomic E-state index is 12.5. The van der Waals surface area contributed by atoms with Crippen molar-refractivity contribution < 1.29 is 14.3 Å². The minimum absolute atomic E-state index is 0.0561. The van der Waals surface area contributed by atoms with E-state index in [1.165, 1.54) is 0 Å². The van der Waals surface area contributed by atoms with E-state index in [-0.39, 0.29) is 24.2 Å². The highest BCUT2D eigenvalue weighted by Gasteiger charge is 2.36. The molecule has 1 aromatic heterocycles. The first kappa shape index (κ1) is 17.1. The Hall–Kier alpha value is -2.76. The zero-order valence-electron chi connectivity index (χ0n) is 14.8. The molecule has 6 heteroatoms. The van der Waals surface area contributed by atoms with E-state index in [4.69, 9.17) is 4.74 Å². The third kappa shape index (κ3) is 3.38. The molecule has 1 N–H and O–H groups in total. The highest BCUT2D eigenvalue weighted by atomic mass is 16.5. The predicted molar refractivity (Wildman–Crippen MR) is 95.5 cm³/mol. The maximum Gasteiger partial charge on any atom is 0.227 e. The van der Waals surface area contributed by atoms with Crippen molar-refractivity contribution in [3.8, 4) is 5.75 Å². The van der Waals surface area contributed by atoms with E-state index < -0.39 is 0 Å². The van der Waals surface area contributed by atoms with E-state index in [9.17, 15) is 9.59 Å². The molecule has 6 nitrogen and oxygen atoms in total.